The van der Waals surface area contributed by atoms with Gasteiger partial charge in [0.1, 0.15) is 18.0 Å². The molecular formula is C22H30O5. The molecule has 0 aromatic carbocycles. The molecule has 4 aliphatic carbocycles. The lowest BCUT2D eigenvalue weighted by molar-refractivity contribution is -0.170. The Morgan fingerprint density at radius 3 is 2.59 bits per heavy atom. The van der Waals surface area contributed by atoms with Crippen LogP contribution in [0.15, 0.2) is 23.5 Å². The monoisotopic (exact) mass is 374 g/mol. The lowest BCUT2D eigenvalue weighted by Gasteiger charge is -2.58. The van der Waals surface area contributed by atoms with Crippen LogP contribution in [0.4, 0.5) is 0 Å². The van der Waals surface area contributed by atoms with E-state index in [1.165, 1.54) is 6.08 Å². The van der Waals surface area contributed by atoms with Gasteiger partial charge in [0.05, 0.1) is 0 Å². The standard InChI is InChI=1S/C22H30O5/c1-12-8-17-15-5-4-13-9-14(24)10-18(25)21(13,3)16(15)6-7-20(17,2)22(12,27)19(26)11-23/h9-10,12,15-17,23,25,27H,4-8,11H2,1-3H3. The molecule has 4 rings (SSSR count). The number of carbonyl (C=O) groups excluding carboxylic acids is 2. The van der Waals surface area contributed by atoms with E-state index in [9.17, 15) is 24.9 Å². The second-order valence-corrected chi connectivity index (χ2v) is 9.66. The fraction of sp³-hybridized carbons (Fsp3) is 0.727. The molecule has 3 saturated carbocycles. The molecule has 0 saturated heterocycles. The molecule has 5 heteroatoms. The average Bonchev–Trinajstić information content (AvgIpc) is 2.83. The van der Waals surface area contributed by atoms with Crippen LogP contribution < -0.4 is 0 Å². The van der Waals surface area contributed by atoms with Crippen LogP contribution in [0, 0.1) is 34.5 Å². The van der Waals surface area contributed by atoms with E-state index < -0.39 is 28.8 Å². The molecule has 0 aliphatic heterocycles. The summed E-state index contributed by atoms with van der Waals surface area (Å²) in [4.78, 5) is 24.4. The molecule has 5 nitrogen and oxygen atoms in total. The van der Waals surface area contributed by atoms with Crippen molar-refractivity contribution in [1.82, 2.24) is 0 Å². The zero-order valence-corrected chi connectivity index (χ0v) is 16.4. The number of hydrogen-bond donors (Lipinski definition) is 3. The largest absolute Gasteiger partial charge is 0.511 e. The lowest BCUT2D eigenvalue weighted by Crippen LogP contribution is -2.59. The van der Waals surface area contributed by atoms with Crippen molar-refractivity contribution in [2.45, 2.75) is 58.5 Å². The third-order valence-corrected chi connectivity index (χ3v) is 8.87. The number of hydrogen-bond acceptors (Lipinski definition) is 5. The minimum absolute atomic E-state index is 0.142. The summed E-state index contributed by atoms with van der Waals surface area (Å²) in [6.07, 6.45) is 6.91. The molecule has 148 valence electrons. The number of Topliss-reactive ketones (excluding diaryl/α,β-unsaturated/α-hetero) is 1. The molecule has 0 heterocycles. The number of fused-ring (bicyclic) bond motifs is 5. The van der Waals surface area contributed by atoms with Crippen LogP contribution >= 0.6 is 0 Å². The summed E-state index contributed by atoms with van der Waals surface area (Å²) in [5, 5.41) is 31.6. The van der Waals surface area contributed by atoms with Crippen molar-refractivity contribution in [2.24, 2.45) is 34.5 Å². The Labute approximate surface area is 160 Å². The van der Waals surface area contributed by atoms with Crippen LogP contribution in [-0.4, -0.2) is 39.1 Å². The predicted molar refractivity (Wildman–Crippen MR) is 99.8 cm³/mol. The van der Waals surface area contributed by atoms with Gasteiger partial charge in [-0.1, -0.05) is 19.4 Å². The van der Waals surface area contributed by atoms with Crippen molar-refractivity contribution in [3.05, 3.63) is 23.5 Å². The SMILES string of the molecule is CC1CC2C3CCC4=CC(=O)C=C(O)C4(C)C3CCC2(C)C1(O)C(=O)CO. The molecule has 7 unspecified atom stereocenters. The van der Waals surface area contributed by atoms with E-state index in [4.69, 9.17) is 0 Å². The number of rotatable bonds is 2. The third-order valence-electron chi connectivity index (χ3n) is 8.87. The minimum atomic E-state index is -1.49. The second-order valence-electron chi connectivity index (χ2n) is 9.66. The second kappa shape index (κ2) is 5.77. The number of carbonyl (C=O) groups is 2. The highest BCUT2D eigenvalue weighted by molar-refractivity contribution is 6.01. The highest BCUT2D eigenvalue weighted by atomic mass is 16.3. The Bertz CT molecular complexity index is 767. The van der Waals surface area contributed by atoms with E-state index in [0.29, 0.717) is 6.42 Å². The van der Waals surface area contributed by atoms with Crippen LogP contribution in [0.1, 0.15) is 52.9 Å². The number of allylic oxidation sites excluding steroid dienone is 3. The normalized spacial score (nSPS) is 48.9. The summed E-state index contributed by atoms with van der Waals surface area (Å²) < 4.78 is 0. The number of aliphatic hydroxyl groups excluding tert-OH is 2. The van der Waals surface area contributed by atoms with Crippen LogP contribution in [-0.2, 0) is 9.59 Å². The van der Waals surface area contributed by atoms with Crippen LogP contribution in [0.5, 0.6) is 0 Å². The molecule has 4 aliphatic rings. The van der Waals surface area contributed by atoms with Gasteiger partial charge in [0, 0.05) is 16.9 Å². The topological polar surface area (TPSA) is 94.8 Å². The van der Waals surface area contributed by atoms with E-state index in [1.807, 2.05) is 20.8 Å². The third kappa shape index (κ3) is 2.13. The van der Waals surface area contributed by atoms with E-state index in [1.54, 1.807) is 6.08 Å². The van der Waals surface area contributed by atoms with Gasteiger partial charge in [-0.15, -0.1) is 0 Å². The Balaban J connectivity index is 1.75. The van der Waals surface area contributed by atoms with Gasteiger partial charge >= 0.3 is 0 Å². The maximum Gasteiger partial charge on any atom is 0.190 e. The Morgan fingerprint density at radius 2 is 1.93 bits per heavy atom. The average molecular weight is 374 g/mol. The van der Waals surface area contributed by atoms with Crippen molar-refractivity contribution in [1.29, 1.82) is 0 Å². The smallest absolute Gasteiger partial charge is 0.190 e. The molecule has 3 N–H and O–H groups in total. The summed E-state index contributed by atoms with van der Waals surface area (Å²) in [5.74, 6) is -0.0146. The Morgan fingerprint density at radius 1 is 1.22 bits per heavy atom. The summed E-state index contributed by atoms with van der Waals surface area (Å²) in [6, 6.07) is 0. The summed E-state index contributed by atoms with van der Waals surface area (Å²) in [5.41, 5.74) is -1.56. The summed E-state index contributed by atoms with van der Waals surface area (Å²) >= 11 is 0. The number of aliphatic hydroxyl groups is 3. The molecular weight excluding hydrogens is 344 g/mol. The van der Waals surface area contributed by atoms with Gasteiger partial charge in [0.25, 0.3) is 0 Å². The maximum absolute atomic E-state index is 12.5. The molecule has 7 atom stereocenters. The van der Waals surface area contributed by atoms with Gasteiger partial charge < -0.3 is 15.3 Å². The van der Waals surface area contributed by atoms with Crippen molar-refractivity contribution in [2.75, 3.05) is 6.61 Å². The summed E-state index contributed by atoms with van der Waals surface area (Å²) in [7, 11) is 0. The molecule has 3 fully saturated rings. The quantitative estimate of drug-likeness (QED) is 0.691. The highest BCUT2D eigenvalue weighted by Crippen LogP contribution is 2.68. The van der Waals surface area contributed by atoms with E-state index in [2.05, 4.69) is 0 Å². The first-order valence-corrected chi connectivity index (χ1v) is 10.1. The van der Waals surface area contributed by atoms with Gasteiger partial charge in [0.2, 0.25) is 0 Å². The van der Waals surface area contributed by atoms with Crippen LogP contribution in [0.2, 0.25) is 0 Å². The van der Waals surface area contributed by atoms with Crippen LogP contribution in [0.25, 0.3) is 0 Å². The zero-order chi connectivity index (χ0) is 19.8. The predicted octanol–water partition coefficient (Wildman–Crippen LogP) is 2.72. The van der Waals surface area contributed by atoms with Gasteiger partial charge in [-0.05, 0) is 68.8 Å². The van der Waals surface area contributed by atoms with E-state index in [0.717, 1.165) is 31.3 Å². The van der Waals surface area contributed by atoms with Crippen molar-refractivity contribution in [3.8, 4) is 0 Å². The highest BCUT2D eigenvalue weighted by Gasteiger charge is 2.69. The summed E-state index contributed by atoms with van der Waals surface area (Å²) in [6.45, 7) is 5.34. The maximum atomic E-state index is 12.5. The molecule has 27 heavy (non-hydrogen) atoms. The van der Waals surface area contributed by atoms with Gasteiger partial charge in [0.15, 0.2) is 11.6 Å². The molecule has 0 radical (unpaired) electrons. The Hall–Kier alpha value is -1.46. The van der Waals surface area contributed by atoms with E-state index >= 15 is 0 Å². The van der Waals surface area contributed by atoms with Gasteiger partial charge in [-0.3, -0.25) is 9.59 Å². The van der Waals surface area contributed by atoms with Gasteiger partial charge in [-0.25, -0.2) is 0 Å². The first-order valence-electron chi connectivity index (χ1n) is 10.1. The lowest BCUT2D eigenvalue weighted by atomic mass is 9.46. The first kappa shape index (κ1) is 18.9. The van der Waals surface area contributed by atoms with Gasteiger partial charge in [-0.2, -0.15) is 0 Å². The van der Waals surface area contributed by atoms with E-state index in [-0.39, 0.29) is 35.2 Å². The number of ketones is 2. The molecule has 0 amide bonds. The minimum Gasteiger partial charge on any atom is -0.511 e. The van der Waals surface area contributed by atoms with Crippen molar-refractivity contribution < 1.29 is 24.9 Å². The van der Waals surface area contributed by atoms with Crippen LogP contribution in [0.3, 0.4) is 0 Å². The Kier molecular flexibility index (Phi) is 4.04. The van der Waals surface area contributed by atoms with Crippen molar-refractivity contribution >= 4 is 11.6 Å². The molecule has 0 spiro atoms. The molecule has 0 bridgehead atoms. The zero-order valence-electron chi connectivity index (χ0n) is 16.4. The fourth-order valence-electron chi connectivity index (χ4n) is 7.36. The molecule has 0 aromatic heterocycles. The fourth-order valence-corrected chi connectivity index (χ4v) is 7.36. The first-order chi connectivity index (χ1) is 12.6. The van der Waals surface area contributed by atoms with Crippen molar-refractivity contribution in [3.63, 3.8) is 0 Å². The molecule has 0 aromatic rings.